The van der Waals surface area contributed by atoms with Crippen molar-refractivity contribution < 1.29 is 13.2 Å². The van der Waals surface area contributed by atoms with Gasteiger partial charge in [-0.05, 0) is 44.4 Å². The molecule has 152 valence electrons. The van der Waals surface area contributed by atoms with Crippen LogP contribution in [0.3, 0.4) is 0 Å². The maximum absolute atomic E-state index is 13.1. The zero-order valence-corrected chi connectivity index (χ0v) is 18.1. The van der Waals surface area contributed by atoms with E-state index in [2.05, 4.69) is 5.32 Å². The number of hydrogen-bond acceptors (Lipinski definition) is 3. The summed E-state index contributed by atoms with van der Waals surface area (Å²) >= 11 is 0. The molecule has 0 aliphatic carbocycles. The molecule has 0 saturated heterocycles. The highest BCUT2D eigenvalue weighted by Gasteiger charge is 2.32. The van der Waals surface area contributed by atoms with Crippen LogP contribution in [-0.2, 0) is 14.8 Å². The molecule has 0 fully saturated rings. The van der Waals surface area contributed by atoms with Crippen molar-refractivity contribution in [2.24, 2.45) is 0 Å². The number of aryl methyl sites for hydroxylation is 2. The zero-order valence-electron chi connectivity index (χ0n) is 17.3. The molecule has 1 amide bonds. The van der Waals surface area contributed by atoms with Gasteiger partial charge in [-0.15, -0.1) is 0 Å². The SMILES string of the molecule is CC[C@H](NC(=O)[C@@H](CC)N(c1ccc(C)cc1)S(C)(=O)=O)c1ccc(C)cc1. The van der Waals surface area contributed by atoms with Crippen molar-refractivity contribution in [1.29, 1.82) is 0 Å². The molecule has 0 aliphatic rings. The van der Waals surface area contributed by atoms with Gasteiger partial charge in [0.05, 0.1) is 18.0 Å². The fraction of sp³-hybridized carbons (Fsp3) is 0.409. The highest BCUT2D eigenvalue weighted by molar-refractivity contribution is 7.92. The third-order valence-electron chi connectivity index (χ3n) is 4.82. The fourth-order valence-corrected chi connectivity index (χ4v) is 4.45. The first-order valence-electron chi connectivity index (χ1n) is 9.60. The van der Waals surface area contributed by atoms with Crippen LogP contribution in [0.2, 0.25) is 0 Å². The van der Waals surface area contributed by atoms with Crippen molar-refractivity contribution in [2.75, 3.05) is 10.6 Å². The molecule has 5 nitrogen and oxygen atoms in total. The summed E-state index contributed by atoms with van der Waals surface area (Å²) in [5.74, 6) is -0.291. The van der Waals surface area contributed by atoms with Gasteiger partial charge in [0.2, 0.25) is 15.9 Å². The van der Waals surface area contributed by atoms with E-state index in [1.54, 1.807) is 12.1 Å². The van der Waals surface area contributed by atoms with Crippen molar-refractivity contribution in [2.45, 2.75) is 52.6 Å². The molecule has 0 aliphatic heterocycles. The van der Waals surface area contributed by atoms with Gasteiger partial charge in [0, 0.05) is 0 Å². The van der Waals surface area contributed by atoms with Gasteiger partial charge in [-0.2, -0.15) is 0 Å². The molecule has 0 heterocycles. The quantitative estimate of drug-likeness (QED) is 0.722. The van der Waals surface area contributed by atoms with E-state index >= 15 is 0 Å². The third kappa shape index (κ3) is 5.35. The van der Waals surface area contributed by atoms with Gasteiger partial charge in [0.1, 0.15) is 6.04 Å². The van der Waals surface area contributed by atoms with Gasteiger partial charge < -0.3 is 5.32 Å². The van der Waals surface area contributed by atoms with Crippen molar-refractivity contribution >= 4 is 21.6 Å². The molecule has 1 N–H and O–H groups in total. The van der Waals surface area contributed by atoms with Crippen LogP contribution in [0.15, 0.2) is 48.5 Å². The second-order valence-electron chi connectivity index (χ2n) is 7.20. The predicted molar refractivity (Wildman–Crippen MR) is 115 cm³/mol. The van der Waals surface area contributed by atoms with Crippen LogP contribution in [0.1, 0.15) is 49.4 Å². The summed E-state index contributed by atoms with van der Waals surface area (Å²) in [6, 6.07) is 14.2. The summed E-state index contributed by atoms with van der Waals surface area (Å²) < 4.78 is 26.3. The van der Waals surface area contributed by atoms with E-state index in [1.807, 2.05) is 64.1 Å². The average molecular weight is 403 g/mol. The van der Waals surface area contributed by atoms with E-state index in [4.69, 9.17) is 0 Å². The van der Waals surface area contributed by atoms with E-state index in [-0.39, 0.29) is 11.9 Å². The maximum atomic E-state index is 13.1. The van der Waals surface area contributed by atoms with Crippen LogP contribution in [0.4, 0.5) is 5.69 Å². The fourth-order valence-electron chi connectivity index (χ4n) is 3.24. The summed E-state index contributed by atoms with van der Waals surface area (Å²) in [6.45, 7) is 7.78. The van der Waals surface area contributed by atoms with Crippen LogP contribution in [0.25, 0.3) is 0 Å². The molecule has 0 saturated carbocycles. The van der Waals surface area contributed by atoms with E-state index in [1.165, 1.54) is 4.31 Å². The molecule has 6 heteroatoms. The smallest absolute Gasteiger partial charge is 0.244 e. The minimum atomic E-state index is -3.63. The molecule has 2 aromatic rings. The lowest BCUT2D eigenvalue weighted by Crippen LogP contribution is -2.50. The van der Waals surface area contributed by atoms with E-state index < -0.39 is 16.1 Å². The molecule has 2 atom stereocenters. The second-order valence-corrected chi connectivity index (χ2v) is 9.06. The Labute approximate surface area is 168 Å². The van der Waals surface area contributed by atoms with Crippen molar-refractivity contribution in [1.82, 2.24) is 5.32 Å². The second kappa shape index (κ2) is 9.24. The first-order valence-corrected chi connectivity index (χ1v) is 11.4. The normalized spacial score (nSPS) is 13.6. The molecule has 2 rings (SSSR count). The average Bonchev–Trinajstić information content (AvgIpc) is 2.64. The summed E-state index contributed by atoms with van der Waals surface area (Å²) in [5.41, 5.74) is 3.69. The number of rotatable bonds is 8. The lowest BCUT2D eigenvalue weighted by Gasteiger charge is -2.31. The minimum absolute atomic E-state index is 0.165. The molecular weight excluding hydrogens is 372 g/mol. The number of anilines is 1. The molecule has 0 unspecified atom stereocenters. The van der Waals surface area contributed by atoms with Crippen LogP contribution >= 0.6 is 0 Å². The van der Waals surface area contributed by atoms with Crippen LogP contribution in [0, 0.1) is 13.8 Å². The van der Waals surface area contributed by atoms with E-state index in [9.17, 15) is 13.2 Å². The molecule has 28 heavy (non-hydrogen) atoms. The van der Waals surface area contributed by atoms with Gasteiger partial charge in [-0.1, -0.05) is 61.4 Å². The number of carbonyl (C=O) groups is 1. The Hall–Kier alpha value is -2.34. The predicted octanol–water partition coefficient (Wildman–Crippen LogP) is 4.12. The van der Waals surface area contributed by atoms with Gasteiger partial charge in [0.25, 0.3) is 0 Å². The third-order valence-corrected chi connectivity index (χ3v) is 6.00. The Morgan fingerprint density at radius 1 is 0.929 bits per heavy atom. The summed E-state index contributed by atoms with van der Waals surface area (Å²) in [6.07, 6.45) is 2.23. The van der Waals surface area contributed by atoms with Crippen molar-refractivity contribution in [3.05, 3.63) is 65.2 Å². The number of carbonyl (C=O) groups excluding carboxylic acids is 1. The van der Waals surface area contributed by atoms with Crippen LogP contribution < -0.4 is 9.62 Å². The van der Waals surface area contributed by atoms with Gasteiger partial charge >= 0.3 is 0 Å². The Bertz CT molecular complexity index is 890. The first kappa shape index (κ1) is 22.0. The standard InChI is InChI=1S/C22H30N2O3S/c1-6-20(18-12-8-16(3)9-13-18)23-22(25)21(7-2)24(28(5,26)27)19-14-10-17(4)11-15-19/h8-15,20-21H,6-7H2,1-5H3,(H,23,25)/t20-,21+/m0/s1. The number of nitrogens with zero attached hydrogens (tertiary/aromatic N) is 1. The number of hydrogen-bond donors (Lipinski definition) is 1. The number of amides is 1. The lowest BCUT2D eigenvalue weighted by molar-refractivity contribution is -0.123. The molecule has 0 aromatic heterocycles. The Balaban J connectivity index is 2.32. The molecule has 0 bridgehead atoms. The number of sulfonamides is 1. The highest BCUT2D eigenvalue weighted by Crippen LogP contribution is 2.24. The molecule has 2 aromatic carbocycles. The zero-order chi connectivity index (χ0) is 20.9. The Kier molecular flexibility index (Phi) is 7.24. The maximum Gasteiger partial charge on any atom is 0.244 e. The van der Waals surface area contributed by atoms with Gasteiger partial charge in [-0.3, -0.25) is 9.10 Å². The van der Waals surface area contributed by atoms with Crippen LogP contribution in [-0.4, -0.2) is 26.6 Å². The van der Waals surface area contributed by atoms with E-state index in [0.29, 0.717) is 18.5 Å². The summed E-state index contributed by atoms with van der Waals surface area (Å²) in [5, 5.41) is 3.04. The largest absolute Gasteiger partial charge is 0.347 e. The molecule has 0 radical (unpaired) electrons. The molecular formula is C22H30N2O3S. The minimum Gasteiger partial charge on any atom is -0.347 e. The summed E-state index contributed by atoms with van der Waals surface area (Å²) in [7, 11) is -3.63. The topological polar surface area (TPSA) is 66.5 Å². The highest BCUT2D eigenvalue weighted by atomic mass is 32.2. The molecule has 0 spiro atoms. The monoisotopic (exact) mass is 402 g/mol. The summed E-state index contributed by atoms with van der Waals surface area (Å²) in [4.78, 5) is 13.1. The van der Waals surface area contributed by atoms with Gasteiger partial charge in [-0.25, -0.2) is 8.42 Å². The lowest BCUT2D eigenvalue weighted by atomic mass is 10.0. The van der Waals surface area contributed by atoms with Crippen molar-refractivity contribution in [3.8, 4) is 0 Å². The number of benzene rings is 2. The van der Waals surface area contributed by atoms with Crippen LogP contribution in [0.5, 0.6) is 0 Å². The first-order chi connectivity index (χ1) is 13.2. The van der Waals surface area contributed by atoms with E-state index in [0.717, 1.165) is 22.9 Å². The Morgan fingerprint density at radius 2 is 1.43 bits per heavy atom. The Morgan fingerprint density at radius 3 is 1.86 bits per heavy atom. The van der Waals surface area contributed by atoms with Gasteiger partial charge in [0.15, 0.2) is 0 Å². The van der Waals surface area contributed by atoms with Crippen molar-refractivity contribution in [3.63, 3.8) is 0 Å². The number of nitrogens with one attached hydrogen (secondary N) is 1.